The number of hydrogen-bond donors (Lipinski definition) is 2. The maximum atomic E-state index is 10.7. The van der Waals surface area contributed by atoms with Gasteiger partial charge in [-0.05, 0) is 24.6 Å². The van der Waals surface area contributed by atoms with Crippen molar-refractivity contribution in [2.45, 2.75) is 13.0 Å². The van der Waals surface area contributed by atoms with Crippen LogP contribution in [0.4, 0.5) is 0 Å². The van der Waals surface area contributed by atoms with E-state index in [9.17, 15) is 9.90 Å². The smallest absolute Gasteiger partial charge is 0.337 e. The summed E-state index contributed by atoms with van der Waals surface area (Å²) in [7, 11) is 1.35. The lowest BCUT2D eigenvalue weighted by Gasteiger charge is -2.13. The van der Waals surface area contributed by atoms with Gasteiger partial charge < -0.3 is 14.9 Å². The van der Waals surface area contributed by atoms with Crippen LogP contribution in [0.5, 0.6) is 5.75 Å². The van der Waals surface area contributed by atoms with Crippen LogP contribution in [0.2, 0.25) is 0 Å². The van der Waals surface area contributed by atoms with Crippen molar-refractivity contribution < 1.29 is 19.7 Å². The largest absolute Gasteiger partial charge is 0.496 e. The molecule has 1 unspecified atom stereocenters. The zero-order valence-electron chi connectivity index (χ0n) is 8.89. The number of nitrogens with zero attached hydrogens (tertiary/aromatic N) is 1. The van der Waals surface area contributed by atoms with Crippen LogP contribution in [0.15, 0.2) is 12.1 Å². The number of aryl methyl sites for hydroxylation is 1. The molecule has 0 saturated heterocycles. The van der Waals surface area contributed by atoms with Crippen molar-refractivity contribution in [2.24, 2.45) is 0 Å². The number of nitriles is 1. The first-order valence-electron chi connectivity index (χ1n) is 4.50. The van der Waals surface area contributed by atoms with Crippen molar-refractivity contribution in [3.63, 3.8) is 0 Å². The minimum Gasteiger partial charge on any atom is -0.496 e. The Morgan fingerprint density at radius 1 is 1.56 bits per heavy atom. The SMILES string of the molecule is COc1cc(C#N)c(C)cc1C(O)C(=O)O. The highest BCUT2D eigenvalue weighted by Crippen LogP contribution is 2.28. The highest BCUT2D eigenvalue weighted by molar-refractivity contribution is 5.75. The summed E-state index contributed by atoms with van der Waals surface area (Å²) in [6, 6.07) is 4.81. The average Bonchev–Trinajstić information content (AvgIpc) is 2.27. The van der Waals surface area contributed by atoms with E-state index in [0.717, 1.165) is 0 Å². The Hall–Kier alpha value is -2.06. The molecule has 0 aromatic heterocycles. The number of carboxylic acid groups (broad SMARTS) is 1. The molecule has 0 heterocycles. The van der Waals surface area contributed by atoms with Crippen LogP contribution in [0.1, 0.15) is 22.8 Å². The number of hydrogen-bond acceptors (Lipinski definition) is 4. The van der Waals surface area contributed by atoms with Gasteiger partial charge in [-0.25, -0.2) is 4.79 Å². The minimum absolute atomic E-state index is 0.145. The summed E-state index contributed by atoms with van der Waals surface area (Å²) in [6.07, 6.45) is -1.65. The van der Waals surface area contributed by atoms with E-state index in [0.29, 0.717) is 11.1 Å². The molecule has 0 aliphatic carbocycles. The topological polar surface area (TPSA) is 90.5 Å². The second-order valence-corrected chi connectivity index (χ2v) is 3.26. The number of methoxy groups -OCH3 is 1. The molecule has 5 heteroatoms. The molecule has 0 aliphatic rings. The van der Waals surface area contributed by atoms with Crippen LogP contribution in [0.25, 0.3) is 0 Å². The Labute approximate surface area is 92.5 Å². The average molecular weight is 221 g/mol. The zero-order chi connectivity index (χ0) is 12.3. The molecule has 84 valence electrons. The molecular formula is C11H11NO4. The number of aliphatic carboxylic acids is 1. The van der Waals surface area contributed by atoms with Crippen molar-refractivity contribution in [3.8, 4) is 11.8 Å². The molecule has 0 bridgehead atoms. The van der Waals surface area contributed by atoms with Gasteiger partial charge >= 0.3 is 5.97 Å². The molecule has 0 amide bonds. The van der Waals surface area contributed by atoms with Gasteiger partial charge in [-0.1, -0.05) is 0 Å². The van der Waals surface area contributed by atoms with E-state index < -0.39 is 12.1 Å². The van der Waals surface area contributed by atoms with E-state index in [2.05, 4.69) is 0 Å². The normalized spacial score (nSPS) is 11.6. The molecule has 0 radical (unpaired) electrons. The van der Waals surface area contributed by atoms with E-state index in [1.807, 2.05) is 6.07 Å². The Balaban J connectivity index is 3.35. The molecule has 16 heavy (non-hydrogen) atoms. The lowest BCUT2D eigenvalue weighted by atomic mass is 10.0. The molecular weight excluding hydrogens is 210 g/mol. The zero-order valence-corrected chi connectivity index (χ0v) is 8.89. The van der Waals surface area contributed by atoms with Crippen molar-refractivity contribution >= 4 is 5.97 Å². The molecule has 5 nitrogen and oxygen atoms in total. The van der Waals surface area contributed by atoms with Crippen LogP contribution >= 0.6 is 0 Å². The van der Waals surface area contributed by atoms with Gasteiger partial charge in [-0.15, -0.1) is 0 Å². The fraction of sp³-hybridized carbons (Fsp3) is 0.273. The van der Waals surface area contributed by atoms with E-state index in [1.165, 1.54) is 19.2 Å². The van der Waals surface area contributed by atoms with Gasteiger partial charge in [-0.2, -0.15) is 5.26 Å². The van der Waals surface area contributed by atoms with Crippen molar-refractivity contribution in [1.82, 2.24) is 0 Å². The van der Waals surface area contributed by atoms with Gasteiger partial charge in [-0.3, -0.25) is 0 Å². The lowest BCUT2D eigenvalue weighted by molar-refractivity contribution is -0.147. The third-order valence-corrected chi connectivity index (χ3v) is 2.23. The van der Waals surface area contributed by atoms with Gasteiger partial charge in [0.15, 0.2) is 6.10 Å². The number of aliphatic hydroxyl groups is 1. The van der Waals surface area contributed by atoms with Crippen molar-refractivity contribution in [2.75, 3.05) is 7.11 Å². The van der Waals surface area contributed by atoms with Crippen molar-refractivity contribution in [1.29, 1.82) is 5.26 Å². The van der Waals surface area contributed by atoms with E-state index in [4.69, 9.17) is 15.1 Å². The van der Waals surface area contributed by atoms with Crippen molar-refractivity contribution in [3.05, 3.63) is 28.8 Å². The molecule has 1 aromatic rings. The van der Waals surface area contributed by atoms with Crippen LogP contribution < -0.4 is 4.74 Å². The summed E-state index contributed by atoms with van der Waals surface area (Å²) in [6.45, 7) is 1.66. The molecule has 1 atom stereocenters. The molecule has 0 fully saturated rings. The molecule has 0 saturated carbocycles. The highest BCUT2D eigenvalue weighted by atomic mass is 16.5. The maximum absolute atomic E-state index is 10.7. The number of benzene rings is 1. The number of ether oxygens (including phenoxy) is 1. The third-order valence-electron chi connectivity index (χ3n) is 2.23. The molecule has 0 spiro atoms. The van der Waals surface area contributed by atoms with Gasteiger partial charge in [0.05, 0.1) is 18.7 Å². The summed E-state index contributed by atoms with van der Waals surface area (Å²) in [5.74, 6) is -1.17. The fourth-order valence-electron chi connectivity index (χ4n) is 1.35. The lowest BCUT2D eigenvalue weighted by Crippen LogP contribution is -2.12. The van der Waals surface area contributed by atoms with Crippen LogP contribution in [-0.2, 0) is 4.79 Å². The Kier molecular flexibility index (Phi) is 3.48. The van der Waals surface area contributed by atoms with Gasteiger partial charge in [0.25, 0.3) is 0 Å². The quantitative estimate of drug-likeness (QED) is 0.794. The van der Waals surface area contributed by atoms with E-state index >= 15 is 0 Å². The Morgan fingerprint density at radius 3 is 2.62 bits per heavy atom. The summed E-state index contributed by atoms with van der Waals surface area (Å²) in [4.78, 5) is 10.7. The first kappa shape index (κ1) is 12.0. The minimum atomic E-state index is -1.65. The monoisotopic (exact) mass is 221 g/mol. The number of carboxylic acids is 1. The summed E-state index contributed by atoms with van der Waals surface area (Å²) in [5.41, 5.74) is 1.13. The van der Waals surface area contributed by atoms with E-state index in [1.54, 1.807) is 6.92 Å². The maximum Gasteiger partial charge on any atom is 0.337 e. The van der Waals surface area contributed by atoms with Crippen LogP contribution in [-0.4, -0.2) is 23.3 Å². The number of rotatable bonds is 3. The van der Waals surface area contributed by atoms with Crippen LogP contribution in [0.3, 0.4) is 0 Å². The van der Waals surface area contributed by atoms with Gasteiger partial charge in [0.2, 0.25) is 0 Å². The molecule has 0 aliphatic heterocycles. The standard InChI is InChI=1S/C11H11NO4/c1-6-3-8(10(13)11(14)15)9(16-2)4-7(6)5-12/h3-4,10,13H,1-2H3,(H,14,15). The first-order valence-corrected chi connectivity index (χ1v) is 4.50. The molecule has 1 rings (SSSR count). The predicted molar refractivity (Wildman–Crippen MR) is 55.0 cm³/mol. The first-order chi connectivity index (χ1) is 7.51. The predicted octanol–water partition coefficient (Wildman–Crippen LogP) is 0.993. The highest BCUT2D eigenvalue weighted by Gasteiger charge is 2.21. The number of aliphatic hydroxyl groups excluding tert-OH is 1. The molecule has 1 aromatic carbocycles. The van der Waals surface area contributed by atoms with Crippen LogP contribution in [0, 0.1) is 18.3 Å². The second kappa shape index (κ2) is 4.64. The second-order valence-electron chi connectivity index (χ2n) is 3.26. The van der Waals surface area contributed by atoms with E-state index in [-0.39, 0.29) is 11.3 Å². The summed E-state index contributed by atoms with van der Waals surface area (Å²) in [5, 5.41) is 26.9. The van der Waals surface area contributed by atoms with Gasteiger partial charge in [0.1, 0.15) is 5.75 Å². The Bertz CT molecular complexity index is 462. The molecule has 2 N–H and O–H groups in total. The fourth-order valence-corrected chi connectivity index (χ4v) is 1.35. The summed E-state index contributed by atoms with van der Waals surface area (Å²) < 4.78 is 4.94. The Morgan fingerprint density at radius 2 is 2.19 bits per heavy atom. The number of carbonyl (C=O) groups is 1. The third kappa shape index (κ3) is 2.12. The van der Waals surface area contributed by atoms with Gasteiger partial charge in [0, 0.05) is 5.56 Å². The summed E-state index contributed by atoms with van der Waals surface area (Å²) >= 11 is 0.